The number of nitrogens with one attached hydrogen (secondary N) is 1. The van der Waals surface area contributed by atoms with Gasteiger partial charge >= 0.3 is 0 Å². The standard InChI is InChI=1S/C42H34N2/c1-2-4-14-30(13-3-1)33-25-24-31-16-10-20-35-38-28-29(12-9-21-36(33)41(31)38)23-26-40(35)44-39-22-8-7-18-34(39)37-19-6-5-15-32-17-11-27-43-42(32)37/h1-5,7-13,15-19,22-27,44H,6,14,20-21,28H2/b12-9-. The number of anilines is 1. The lowest BCUT2D eigenvalue weighted by atomic mass is 9.81. The van der Waals surface area contributed by atoms with E-state index in [1.54, 1.807) is 0 Å². The Morgan fingerprint density at radius 3 is 2.59 bits per heavy atom. The zero-order valence-corrected chi connectivity index (χ0v) is 24.8. The maximum atomic E-state index is 4.82. The highest BCUT2D eigenvalue weighted by Crippen LogP contribution is 2.44. The van der Waals surface area contributed by atoms with E-state index in [1.165, 1.54) is 61.4 Å². The first-order valence-corrected chi connectivity index (χ1v) is 15.7. The van der Waals surface area contributed by atoms with Gasteiger partial charge in [0.25, 0.3) is 0 Å². The van der Waals surface area contributed by atoms with Crippen molar-refractivity contribution in [1.82, 2.24) is 4.98 Å². The number of nitrogens with zero attached hydrogens (tertiary/aromatic N) is 1. The van der Waals surface area contributed by atoms with Gasteiger partial charge in [0.2, 0.25) is 0 Å². The van der Waals surface area contributed by atoms with E-state index in [9.17, 15) is 0 Å². The summed E-state index contributed by atoms with van der Waals surface area (Å²) in [7, 11) is 0. The molecular weight excluding hydrogens is 532 g/mol. The molecule has 8 rings (SSSR count). The largest absolute Gasteiger partial charge is 0.355 e. The Morgan fingerprint density at radius 1 is 0.659 bits per heavy atom. The minimum absolute atomic E-state index is 0.880. The van der Waals surface area contributed by atoms with Gasteiger partial charge in [-0.05, 0) is 94.9 Å². The molecule has 2 nitrogen and oxygen atoms in total. The molecule has 2 bridgehead atoms. The number of para-hydroxylation sites is 1. The summed E-state index contributed by atoms with van der Waals surface area (Å²) >= 11 is 0. The lowest BCUT2D eigenvalue weighted by Gasteiger charge is -2.24. The van der Waals surface area contributed by atoms with Crippen LogP contribution in [0.25, 0.3) is 28.9 Å². The second-order valence-corrected chi connectivity index (χ2v) is 11.8. The number of pyridine rings is 1. The van der Waals surface area contributed by atoms with Gasteiger partial charge in [-0.2, -0.15) is 0 Å². The molecule has 212 valence electrons. The highest BCUT2D eigenvalue weighted by atomic mass is 14.9. The third kappa shape index (κ3) is 4.83. The smallest absolute Gasteiger partial charge is 0.0777 e. The molecule has 0 atom stereocenters. The first-order chi connectivity index (χ1) is 21.8. The number of fused-ring (bicyclic) bond motifs is 2. The second-order valence-electron chi connectivity index (χ2n) is 11.8. The van der Waals surface area contributed by atoms with Crippen molar-refractivity contribution in [3.05, 3.63) is 184 Å². The molecule has 2 heteroatoms. The summed E-state index contributed by atoms with van der Waals surface area (Å²) in [6.07, 6.45) is 38.1. The van der Waals surface area contributed by atoms with Crippen LogP contribution in [0.3, 0.4) is 0 Å². The van der Waals surface area contributed by atoms with Gasteiger partial charge in [-0.25, -0.2) is 0 Å². The third-order valence-corrected chi connectivity index (χ3v) is 9.13. The number of allylic oxidation sites excluding steroid dienone is 16. The van der Waals surface area contributed by atoms with Crippen molar-refractivity contribution in [2.75, 3.05) is 5.32 Å². The van der Waals surface area contributed by atoms with Crippen molar-refractivity contribution in [1.29, 1.82) is 0 Å². The van der Waals surface area contributed by atoms with E-state index < -0.39 is 0 Å². The maximum absolute atomic E-state index is 4.82. The van der Waals surface area contributed by atoms with Crippen LogP contribution in [0.1, 0.15) is 64.8 Å². The fourth-order valence-electron chi connectivity index (χ4n) is 7.07. The fourth-order valence-corrected chi connectivity index (χ4v) is 7.07. The third-order valence-electron chi connectivity index (χ3n) is 9.13. The summed E-state index contributed by atoms with van der Waals surface area (Å²) in [5.41, 5.74) is 17.9. The molecule has 1 heterocycles. The Morgan fingerprint density at radius 2 is 1.59 bits per heavy atom. The van der Waals surface area contributed by atoms with Crippen molar-refractivity contribution in [2.24, 2.45) is 0 Å². The zero-order chi connectivity index (χ0) is 29.3. The first-order valence-electron chi connectivity index (χ1n) is 15.7. The molecule has 44 heavy (non-hydrogen) atoms. The molecular formula is C42H34N2. The van der Waals surface area contributed by atoms with E-state index in [2.05, 4.69) is 133 Å². The number of hydrogen-bond acceptors (Lipinski definition) is 2. The Hall–Kier alpha value is -5.21. The lowest BCUT2D eigenvalue weighted by molar-refractivity contribution is 1.14. The minimum atomic E-state index is 0.880. The second kappa shape index (κ2) is 11.5. The van der Waals surface area contributed by atoms with Crippen molar-refractivity contribution in [3.63, 3.8) is 0 Å². The molecule has 1 aromatic heterocycles. The van der Waals surface area contributed by atoms with E-state index in [0.29, 0.717) is 0 Å². The van der Waals surface area contributed by atoms with Gasteiger partial charge in [0.1, 0.15) is 0 Å². The quantitative estimate of drug-likeness (QED) is 0.340. The van der Waals surface area contributed by atoms with Gasteiger partial charge < -0.3 is 5.32 Å². The van der Waals surface area contributed by atoms with Crippen LogP contribution in [0.4, 0.5) is 5.69 Å². The van der Waals surface area contributed by atoms with Crippen LogP contribution >= 0.6 is 0 Å². The van der Waals surface area contributed by atoms with Crippen LogP contribution in [-0.4, -0.2) is 4.98 Å². The number of aromatic nitrogens is 1. The molecule has 2 aromatic carbocycles. The van der Waals surface area contributed by atoms with Gasteiger partial charge in [-0.3, -0.25) is 4.98 Å². The Kier molecular flexibility index (Phi) is 6.88. The van der Waals surface area contributed by atoms with Crippen LogP contribution in [0, 0.1) is 0 Å². The minimum Gasteiger partial charge on any atom is -0.355 e. The van der Waals surface area contributed by atoms with Crippen molar-refractivity contribution in [3.8, 4) is 0 Å². The van der Waals surface area contributed by atoms with E-state index in [-0.39, 0.29) is 0 Å². The number of rotatable bonds is 4. The van der Waals surface area contributed by atoms with Crippen molar-refractivity contribution in [2.45, 2.75) is 32.1 Å². The van der Waals surface area contributed by atoms with E-state index in [0.717, 1.165) is 49.0 Å². The molecule has 0 aliphatic heterocycles. The molecule has 0 radical (unpaired) electrons. The van der Waals surface area contributed by atoms with E-state index >= 15 is 0 Å². The Bertz CT molecular complexity index is 1990. The number of hydrogen-bond donors (Lipinski definition) is 1. The summed E-state index contributed by atoms with van der Waals surface area (Å²) in [5, 5.41) is 3.95. The first kappa shape index (κ1) is 26.4. The molecule has 0 saturated carbocycles. The van der Waals surface area contributed by atoms with Crippen LogP contribution in [0.5, 0.6) is 0 Å². The molecule has 0 fully saturated rings. The fraction of sp³-hybridized carbons (Fsp3) is 0.119. The van der Waals surface area contributed by atoms with Gasteiger partial charge in [-0.15, -0.1) is 0 Å². The lowest BCUT2D eigenvalue weighted by Crippen LogP contribution is -2.09. The Balaban J connectivity index is 1.27. The molecule has 0 amide bonds. The molecule has 3 aromatic rings. The van der Waals surface area contributed by atoms with Crippen molar-refractivity contribution >= 4 is 34.6 Å². The predicted molar refractivity (Wildman–Crippen MR) is 187 cm³/mol. The molecule has 0 unspecified atom stereocenters. The molecule has 0 spiro atoms. The molecule has 5 aliphatic rings. The average molecular weight is 567 g/mol. The monoisotopic (exact) mass is 566 g/mol. The van der Waals surface area contributed by atoms with Crippen LogP contribution in [-0.2, 0) is 6.42 Å². The van der Waals surface area contributed by atoms with Gasteiger partial charge in [0, 0.05) is 34.3 Å². The van der Waals surface area contributed by atoms with Crippen LogP contribution in [0.2, 0.25) is 0 Å². The summed E-state index contributed by atoms with van der Waals surface area (Å²) in [6, 6.07) is 17.5. The normalized spacial score (nSPS) is 18.7. The van der Waals surface area contributed by atoms with Gasteiger partial charge in [-0.1, -0.05) is 115 Å². The Labute approximate surface area is 260 Å². The predicted octanol–water partition coefficient (Wildman–Crippen LogP) is 10.4. The molecule has 5 aliphatic carbocycles. The van der Waals surface area contributed by atoms with E-state index in [1.807, 2.05) is 12.3 Å². The van der Waals surface area contributed by atoms with E-state index in [4.69, 9.17) is 4.98 Å². The summed E-state index contributed by atoms with van der Waals surface area (Å²) in [6.45, 7) is 0. The van der Waals surface area contributed by atoms with Crippen LogP contribution in [0.15, 0.2) is 144 Å². The molecule has 0 saturated heterocycles. The van der Waals surface area contributed by atoms with Crippen LogP contribution < -0.4 is 5.32 Å². The highest BCUT2D eigenvalue weighted by molar-refractivity contribution is 5.92. The van der Waals surface area contributed by atoms with Gasteiger partial charge in [0.05, 0.1) is 5.69 Å². The molecule has 1 N–H and O–H groups in total. The SMILES string of the molecule is C1=CC=C(c2ccc3c4c2C/C=C\C2=CC=C(Nc5ccccc5C5=CCC=Cc6cccnc65)C(=C4C2)CC=C3)CC=C1. The topological polar surface area (TPSA) is 24.9 Å². The average Bonchev–Trinajstić information content (AvgIpc) is 3.57. The van der Waals surface area contributed by atoms with Crippen molar-refractivity contribution < 1.29 is 0 Å². The maximum Gasteiger partial charge on any atom is 0.0777 e. The summed E-state index contributed by atoms with van der Waals surface area (Å²) in [4.78, 5) is 4.82. The number of benzene rings is 2. The summed E-state index contributed by atoms with van der Waals surface area (Å²) < 4.78 is 0. The highest BCUT2D eigenvalue weighted by Gasteiger charge is 2.26. The summed E-state index contributed by atoms with van der Waals surface area (Å²) in [5.74, 6) is 0. The van der Waals surface area contributed by atoms with Gasteiger partial charge in [0.15, 0.2) is 0 Å². The zero-order valence-electron chi connectivity index (χ0n) is 24.8.